The third-order valence-corrected chi connectivity index (χ3v) is 12.4. The van der Waals surface area contributed by atoms with Crippen LogP contribution in [-0.4, -0.2) is 0 Å². The maximum absolute atomic E-state index is 2.22. The predicted molar refractivity (Wildman–Crippen MR) is 352 cm³/mol. The molecule has 0 aliphatic heterocycles. The molecule has 0 aliphatic rings. The summed E-state index contributed by atoms with van der Waals surface area (Å²) in [5, 5.41) is 0. The van der Waals surface area contributed by atoms with Crippen LogP contribution in [0.15, 0.2) is 224 Å². The fraction of sp³-hybridized carbons (Fsp3) is 0.241. The topological polar surface area (TPSA) is 0 Å². The zero-order valence-corrected chi connectivity index (χ0v) is 51.9. The molecule has 0 heteroatoms. The van der Waals surface area contributed by atoms with Crippen LogP contribution in [0, 0.1) is 132 Å². The van der Waals surface area contributed by atoms with E-state index in [1.165, 1.54) is 128 Å². The molecule has 0 N–H and O–H groups in total. The zero-order chi connectivity index (χ0) is 58.4. The molecular formula is C79H94. The normalized spacial score (nSPS) is 9.71. The highest BCUT2D eigenvalue weighted by Crippen LogP contribution is 2.23. The Kier molecular flexibility index (Phi) is 28.9. The van der Waals surface area contributed by atoms with Crippen molar-refractivity contribution in [1.29, 1.82) is 0 Å². The minimum Gasteiger partial charge on any atom is -0.0622 e. The van der Waals surface area contributed by atoms with Crippen LogP contribution >= 0.6 is 0 Å². The second kappa shape index (κ2) is 34.9. The van der Waals surface area contributed by atoms with E-state index in [-0.39, 0.29) is 0 Å². The van der Waals surface area contributed by atoms with Crippen molar-refractivity contribution in [3.05, 3.63) is 330 Å². The van der Waals surface area contributed by atoms with Gasteiger partial charge in [-0.3, -0.25) is 0 Å². The van der Waals surface area contributed by atoms with Crippen LogP contribution in [-0.2, 0) is 0 Å². The van der Waals surface area contributed by atoms with Crippen LogP contribution in [0.25, 0.3) is 22.3 Å². The molecule has 0 atom stereocenters. The lowest BCUT2D eigenvalue weighted by atomic mass is 10.0. The SMILES string of the molecule is Cc1cc(C)cc(-c2ccccc2)c1.Cc1cc(C)cc(-c2ccccc2)c1.Cc1cc(C)cc(C)c1.Cc1cc(C)cc(C)c1.Cc1cc(C)cc(C)c1.Cc1ccc(C)cc1.Cc1ccc(C)cc1.Cc1cccc(C)c1. The van der Waals surface area contributed by atoms with Crippen molar-refractivity contribution in [2.45, 2.75) is 132 Å². The number of hydrogen-bond donors (Lipinski definition) is 0. The fourth-order valence-electron chi connectivity index (χ4n) is 9.23. The number of hydrogen-bond acceptors (Lipinski definition) is 0. The molecule has 0 heterocycles. The first-order chi connectivity index (χ1) is 37.4. The monoisotopic (exact) mass is 1040 g/mol. The molecule has 0 saturated heterocycles. The van der Waals surface area contributed by atoms with E-state index in [1.807, 2.05) is 12.1 Å². The summed E-state index contributed by atoms with van der Waals surface area (Å²) in [7, 11) is 0. The van der Waals surface area contributed by atoms with E-state index in [4.69, 9.17) is 0 Å². The van der Waals surface area contributed by atoms with Crippen LogP contribution in [0.4, 0.5) is 0 Å². The Morgan fingerprint density at radius 3 is 0.443 bits per heavy atom. The summed E-state index contributed by atoms with van der Waals surface area (Å²) in [4.78, 5) is 0. The highest BCUT2D eigenvalue weighted by Gasteiger charge is 1.99. The first kappa shape index (κ1) is 65.5. The minimum atomic E-state index is 1.29. The minimum absolute atomic E-state index is 1.29. The molecule has 0 amide bonds. The first-order valence-corrected chi connectivity index (χ1v) is 27.9. The summed E-state index contributed by atoms with van der Waals surface area (Å²) in [5.74, 6) is 0. The second-order valence-corrected chi connectivity index (χ2v) is 21.9. The lowest BCUT2D eigenvalue weighted by Gasteiger charge is -2.04. The van der Waals surface area contributed by atoms with Gasteiger partial charge in [-0.25, -0.2) is 0 Å². The smallest absolute Gasteiger partial charge is 0.0179 e. The molecule has 0 radical (unpaired) electrons. The van der Waals surface area contributed by atoms with E-state index in [1.54, 1.807) is 0 Å². The Labute approximate surface area is 481 Å². The lowest BCUT2D eigenvalue weighted by Crippen LogP contribution is -1.81. The van der Waals surface area contributed by atoms with Gasteiger partial charge in [0.05, 0.1) is 0 Å². The zero-order valence-electron chi connectivity index (χ0n) is 51.9. The van der Waals surface area contributed by atoms with Crippen LogP contribution < -0.4 is 0 Å². The second-order valence-electron chi connectivity index (χ2n) is 21.9. The Morgan fingerprint density at radius 2 is 0.278 bits per heavy atom. The van der Waals surface area contributed by atoms with E-state index in [0.29, 0.717) is 0 Å². The van der Waals surface area contributed by atoms with Gasteiger partial charge < -0.3 is 0 Å². The predicted octanol–water partition coefficient (Wildman–Crippen LogP) is 22.7. The summed E-state index contributed by atoms with van der Waals surface area (Å²) in [5.41, 5.74) is 30.7. The molecular weight excluding hydrogens is 949 g/mol. The van der Waals surface area contributed by atoms with Crippen molar-refractivity contribution in [1.82, 2.24) is 0 Å². The molecule has 0 aliphatic carbocycles. The van der Waals surface area contributed by atoms with E-state index >= 15 is 0 Å². The summed E-state index contributed by atoms with van der Waals surface area (Å²) < 4.78 is 0. The van der Waals surface area contributed by atoms with Crippen molar-refractivity contribution in [2.24, 2.45) is 0 Å². The molecule has 79 heavy (non-hydrogen) atoms. The standard InChI is InChI=1S/2C14H14.3C9H12.3C8H10/c2*1-11-8-12(2)10-14(9-11)13-6-4-3-5-7-13;3*1-7-4-8(2)6-9(3)5-7;2*1-7-3-5-8(2)6-4-7;1-7-4-3-5-8(2)6-7/h2*3-10H,1-2H3;3*4-6H,1-3H3;3*3-6H,1-2H3. The maximum atomic E-state index is 2.22. The Hall–Kier alpha value is -7.80. The average molecular weight is 1040 g/mol. The molecule has 0 saturated carbocycles. The fourth-order valence-corrected chi connectivity index (χ4v) is 9.23. The van der Waals surface area contributed by atoms with E-state index < -0.39 is 0 Å². The molecule has 410 valence electrons. The Morgan fingerprint density at radius 1 is 0.114 bits per heavy atom. The highest BCUT2D eigenvalue weighted by atomic mass is 14.0. The van der Waals surface area contributed by atoms with Crippen molar-refractivity contribution < 1.29 is 0 Å². The Bertz CT molecular complexity index is 2820. The van der Waals surface area contributed by atoms with Gasteiger partial charge in [-0.2, -0.15) is 0 Å². The molecule has 10 aromatic carbocycles. The van der Waals surface area contributed by atoms with Crippen LogP contribution in [0.3, 0.4) is 0 Å². The number of benzene rings is 10. The van der Waals surface area contributed by atoms with Crippen LogP contribution in [0.1, 0.15) is 106 Å². The van der Waals surface area contributed by atoms with E-state index in [9.17, 15) is 0 Å². The molecule has 0 fully saturated rings. The quantitative estimate of drug-likeness (QED) is 0.162. The van der Waals surface area contributed by atoms with Crippen molar-refractivity contribution in [2.75, 3.05) is 0 Å². The van der Waals surface area contributed by atoms with Gasteiger partial charge in [-0.05, 0) is 154 Å². The van der Waals surface area contributed by atoms with Gasteiger partial charge in [0.1, 0.15) is 0 Å². The molecule has 0 unspecified atom stereocenters. The molecule has 0 aromatic heterocycles. The first-order valence-electron chi connectivity index (χ1n) is 27.9. The highest BCUT2D eigenvalue weighted by molar-refractivity contribution is 5.66. The molecule has 10 aromatic rings. The molecule has 10 rings (SSSR count). The van der Waals surface area contributed by atoms with Crippen molar-refractivity contribution in [3.63, 3.8) is 0 Å². The largest absolute Gasteiger partial charge is 0.0622 e. The van der Waals surface area contributed by atoms with Crippen LogP contribution in [0.5, 0.6) is 0 Å². The Balaban J connectivity index is 0.000000240. The van der Waals surface area contributed by atoms with Crippen molar-refractivity contribution in [3.8, 4) is 22.3 Å². The third-order valence-electron chi connectivity index (χ3n) is 12.4. The number of rotatable bonds is 2. The van der Waals surface area contributed by atoms with Crippen molar-refractivity contribution >= 4 is 0 Å². The van der Waals surface area contributed by atoms with Gasteiger partial charge in [0, 0.05) is 0 Å². The van der Waals surface area contributed by atoms with Gasteiger partial charge in [-0.15, -0.1) is 0 Å². The van der Waals surface area contributed by atoms with E-state index in [2.05, 4.69) is 344 Å². The third kappa shape index (κ3) is 29.0. The van der Waals surface area contributed by atoms with Gasteiger partial charge >= 0.3 is 0 Å². The molecule has 0 nitrogen and oxygen atoms in total. The van der Waals surface area contributed by atoms with Crippen LogP contribution in [0.2, 0.25) is 0 Å². The summed E-state index contributed by atoms with van der Waals surface area (Å²) in [6.07, 6.45) is 0. The summed E-state index contributed by atoms with van der Waals surface area (Å²) in [6, 6.07) is 79.4. The number of aryl methyl sites for hydroxylation is 19. The summed E-state index contributed by atoms with van der Waals surface area (Å²) >= 11 is 0. The average Bonchev–Trinajstić information content (AvgIpc) is 3.36. The van der Waals surface area contributed by atoms with E-state index in [0.717, 1.165) is 0 Å². The summed E-state index contributed by atoms with van der Waals surface area (Å²) in [6.45, 7) is 40.3. The van der Waals surface area contributed by atoms with Gasteiger partial charge in [-0.1, -0.05) is 330 Å². The molecule has 0 spiro atoms. The maximum Gasteiger partial charge on any atom is -0.0179 e. The van der Waals surface area contributed by atoms with Gasteiger partial charge in [0.25, 0.3) is 0 Å². The lowest BCUT2D eigenvalue weighted by molar-refractivity contribution is 1.32. The molecule has 0 bridgehead atoms. The van der Waals surface area contributed by atoms with Gasteiger partial charge in [0.15, 0.2) is 0 Å². The van der Waals surface area contributed by atoms with Gasteiger partial charge in [0.2, 0.25) is 0 Å².